The molecular formula is C30H35N3O7. The first-order chi connectivity index (χ1) is 19.5. The van der Waals surface area contributed by atoms with E-state index in [1.807, 2.05) is 34.9 Å². The molecule has 10 heteroatoms. The third kappa shape index (κ3) is 6.58. The van der Waals surface area contributed by atoms with E-state index in [0.29, 0.717) is 71.8 Å². The van der Waals surface area contributed by atoms with E-state index >= 15 is 0 Å². The monoisotopic (exact) mass is 549 g/mol. The quantitative estimate of drug-likeness (QED) is 0.231. The highest BCUT2D eigenvalue weighted by Crippen LogP contribution is 2.35. The van der Waals surface area contributed by atoms with E-state index in [1.165, 1.54) is 0 Å². The summed E-state index contributed by atoms with van der Waals surface area (Å²) in [5.74, 6) is 3.10. The average molecular weight is 550 g/mol. The van der Waals surface area contributed by atoms with Crippen LogP contribution in [0.15, 0.2) is 54.9 Å². The van der Waals surface area contributed by atoms with Gasteiger partial charge in [-0.2, -0.15) is 0 Å². The van der Waals surface area contributed by atoms with Crippen LogP contribution in [0.25, 0.3) is 16.9 Å². The van der Waals surface area contributed by atoms with Crippen molar-refractivity contribution in [2.45, 2.75) is 12.8 Å². The molecule has 4 rings (SSSR count). The number of carbonyl (C=O) groups is 1. The lowest BCUT2D eigenvalue weighted by atomic mass is 10.1. The Morgan fingerprint density at radius 2 is 1.57 bits per heavy atom. The minimum Gasteiger partial charge on any atom is -0.496 e. The highest BCUT2D eigenvalue weighted by Gasteiger charge is 2.16. The molecule has 0 saturated heterocycles. The van der Waals surface area contributed by atoms with Crippen molar-refractivity contribution in [3.8, 4) is 40.0 Å². The molecule has 1 amide bonds. The number of hydrogen-bond acceptors (Lipinski definition) is 8. The molecule has 0 bridgehead atoms. The van der Waals surface area contributed by atoms with Crippen LogP contribution in [0.5, 0.6) is 28.7 Å². The van der Waals surface area contributed by atoms with Crippen molar-refractivity contribution in [2.24, 2.45) is 0 Å². The fourth-order valence-electron chi connectivity index (χ4n) is 4.35. The second-order valence-electron chi connectivity index (χ2n) is 8.88. The molecule has 0 aliphatic rings. The number of aromatic nitrogens is 2. The van der Waals surface area contributed by atoms with Crippen molar-refractivity contribution in [3.63, 3.8) is 0 Å². The fourth-order valence-corrected chi connectivity index (χ4v) is 4.35. The van der Waals surface area contributed by atoms with Crippen molar-refractivity contribution >= 4 is 11.6 Å². The molecule has 0 radical (unpaired) electrons. The van der Waals surface area contributed by atoms with Crippen LogP contribution in [-0.4, -0.2) is 70.6 Å². The van der Waals surface area contributed by atoms with Gasteiger partial charge < -0.3 is 38.1 Å². The summed E-state index contributed by atoms with van der Waals surface area (Å²) in [5, 5.41) is 2.98. The normalized spacial score (nSPS) is 10.8. The SMILES string of the molecule is COCCCOc1ccc(OC)c(-c2cn3cc(C(=O)NCCc4c(OC)cc(OC)cc4OC)ccc3n2)c1. The minimum atomic E-state index is -0.201. The summed E-state index contributed by atoms with van der Waals surface area (Å²) < 4.78 is 34.7. The van der Waals surface area contributed by atoms with Gasteiger partial charge >= 0.3 is 0 Å². The zero-order valence-electron chi connectivity index (χ0n) is 23.5. The van der Waals surface area contributed by atoms with E-state index < -0.39 is 0 Å². The number of benzene rings is 2. The number of pyridine rings is 1. The Morgan fingerprint density at radius 1 is 0.825 bits per heavy atom. The number of nitrogens with one attached hydrogen (secondary N) is 1. The Morgan fingerprint density at radius 3 is 2.25 bits per heavy atom. The predicted molar refractivity (Wildman–Crippen MR) is 151 cm³/mol. The van der Waals surface area contributed by atoms with Gasteiger partial charge in [0.15, 0.2) is 0 Å². The summed E-state index contributed by atoms with van der Waals surface area (Å²) >= 11 is 0. The smallest absolute Gasteiger partial charge is 0.252 e. The van der Waals surface area contributed by atoms with Gasteiger partial charge in [0.1, 0.15) is 34.4 Å². The van der Waals surface area contributed by atoms with Gasteiger partial charge in [0.2, 0.25) is 0 Å². The zero-order chi connectivity index (χ0) is 28.5. The molecule has 2 aromatic heterocycles. The third-order valence-corrected chi connectivity index (χ3v) is 6.40. The maximum Gasteiger partial charge on any atom is 0.252 e. The molecule has 0 aliphatic heterocycles. The van der Waals surface area contributed by atoms with Crippen LogP contribution < -0.4 is 29.0 Å². The number of imidazole rings is 1. The van der Waals surface area contributed by atoms with Crippen LogP contribution in [0, 0.1) is 0 Å². The second kappa shape index (κ2) is 13.6. The highest BCUT2D eigenvalue weighted by atomic mass is 16.5. The van der Waals surface area contributed by atoms with E-state index in [2.05, 4.69) is 5.32 Å². The van der Waals surface area contributed by atoms with E-state index in [-0.39, 0.29) is 5.91 Å². The first-order valence-corrected chi connectivity index (χ1v) is 12.9. The molecule has 0 spiro atoms. The topological polar surface area (TPSA) is 102 Å². The molecule has 1 N–H and O–H groups in total. The summed E-state index contributed by atoms with van der Waals surface area (Å²) in [5.41, 5.74) is 3.55. The molecule has 212 valence electrons. The van der Waals surface area contributed by atoms with E-state index in [0.717, 1.165) is 17.5 Å². The van der Waals surface area contributed by atoms with Crippen molar-refractivity contribution in [1.29, 1.82) is 0 Å². The molecular weight excluding hydrogens is 514 g/mol. The van der Waals surface area contributed by atoms with Crippen LogP contribution in [0.1, 0.15) is 22.3 Å². The molecule has 0 fully saturated rings. The summed E-state index contributed by atoms with van der Waals surface area (Å²) in [6, 6.07) is 12.8. The summed E-state index contributed by atoms with van der Waals surface area (Å²) in [4.78, 5) is 17.7. The van der Waals surface area contributed by atoms with Crippen molar-refractivity contribution in [3.05, 3.63) is 66.0 Å². The van der Waals surface area contributed by atoms with E-state index in [9.17, 15) is 4.79 Å². The van der Waals surface area contributed by atoms with Gasteiger partial charge in [-0.3, -0.25) is 4.79 Å². The Bertz CT molecular complexity index is 1430. The van der Waals surface area contributed by atoms with Gasteiger partial charge in [-0.25, -0.2) is 4.98 Å². The Balaban J connectivity index is 1.48. The largest absolute Gasteiger partial charge is 0.496 e. The Hall–Kier alpha value is -4.44. The molecule has 10 nitrogen and oxygen atoms in total. The number of ether oxygens (including phenoxy) is 6. The average Bonchev–Trinajstić information content (AvgIpc) is 3.42. The fraction of sp³-hybridized carbons (Fsp3) is 0.333. The standard InChI is InChI=1S/C30H35N3O7/c1-35-13-6-14-40-21-8-9-26(37-3)24(15-21)25-19-33-18-20(7-10-29(33)32-25)30(34)31-12-11-23-27(38-4)16-22(36-2)17-28(23)39-5/h7-10,15-19H,6,11-14H2,1-5H3,(H,31,34). The van der Waals surface area contributed by atoms with Crippen LogP contribution >= 0.6 is 0 Å². The Labute approximate surface area is 233 Å². The first kappa shape index (κ1) is 28.6. The lowest BCUT2D eigenvalue weighted by Crippen LogP contribution is -2.26. The number of amides is 1. The highest BCUT2D eigenvalue weighted by molar-refractivity contribution is 5.94. The third-order valence-electron chi connectivity index (χ3n) is 6.40. The maximum atomic E-state index is 13.0. The molecule has 0 saturated carbocycles. The van der Waals surface area contributed by atoms with E-state index in [1.54, 1.807) is 59.9 Å². The van der Waals surface area contributed by atoms with Crippen molar-refractivity contribution in [1.82, 2.24) is 14.7 Å². The molecule has 4 aromatic rings. The summed E-state index contributed by atoms with van der Waals surface area (Å²) in [6.45, 7) is 1.57. The molecule has 0 aliphatic carbocycles. The van der Waals surface area contributed by atoms with Gasteiger partial charge in [-0.1, -0.05) is 0 Å². The first-order valence-electron chi connectivity index (χ1n) is 12.9. The van der Waals surface area contributed by atoms with E-state index in [4.69, 9.17) is 33.4 Å². The summed E-state index contributed by atoms with van der Waals surface area (Å²) in [7, 11) is 8.05. The number of hydrogen-bond donors (Lipinski definition) is 1. The minimum absolute atomic E-state index is 0.201. The predicted octanol–water partition coefficient (Wildman–Crippen LogP) is 4.42. The lowest BCUT2D eigenvalue weighted by Gasteiger charge is -2.15. The number of rotatable bonds is 14. The molecule has 0 unspecified atom stereocenters. The number of fused-ring (bicyclic) bond motifs is 1. The number of carbonyl (C=O) groups excluding carboxylic acids is 1. The van der Waals surface area contributed by atoms with Crippen LogP contribution in [0.3, 0.4) is 0 Å². The van der Waals surface area contributed by atoms with Gasteiger partial charge in [0.05, 0.1) is 46.3 Å². The van der Waals surface area contributed by atoms with Crippen molar-refractivity contribution in [2.75, 3.05) is 55.3 Å². The Kier molecular flexibility index (Phi) is 9.69. The zero-order valence-corrected chi connectivity index (χ0v) is 23.5. The molecule has 0 atom stereocenters. The van der Waals surface area contributed by atoms with Crippen LogP contribution in [0.2, 0.25) is 0 Å². The molecule has 2 aromatic carbocycles. The number of methoxy groups -OCH3 is 5. The van der Waals surface area contributed by atoms with Crippen molar-refractivity contribution < 1.29 is 33.2 Å². The maximum absolute atomic E-state index is 13.0. The van der Waals surface area contributed by atoms with Gasteiger partial charge in [-0.15, -0.1) is 0 Å². The second-order valence-corrected chi connectivity index (χ2v) is 8.88. The molecule has 2 heterocycles. The van der Waals surface area contributed by atoms with Crippen LogP contribution in [-0.2, 0) is 11.2 Å². The van der Waals surface area contributed by atoms with Crippen LogP contribution in [0.4, 0.5) is 0 Å². The van der Waals surface area contributed by atoms with Gasteiger partial charge in [-0.05, 0) is 36.8 Å². The van der Waals surface area contributed by atoms with Gasteiger partial charge in [0, 0.05) is 62.3 Å². The van der Waals surface area contributed by atoms with Gasteiger partial charge in [0.25, 0.3) is 5.91 Å². The lowest BCUT2D eigenvalue weighted by molar-refractivity contribution is 0.0953. The molecule has 40 heavy (non-hydrogen) atoms. The summed E-state index contributed by atoms with van der Waals surface area (Å²) in [6.07, 6.45) is 4.93. The number of nitrogens with zero attached hydrogens (tertiary/aromatic N) is 2.